The van der Waals surface area contributed by atoms with Crippen LogP contribution in [0.1, 0.15) is 57.8 Å². The number of carbonyl (C=O) groups excluding carboxylic acids is 3. The molecule has 1 rings (SSSR count). The van der Waals surface area contributed by atoms with Crippen LogP contribution in [0.3, 0.4) is 0 Å². The number of aliphatic imine (C=N–C) groups is 3. The summed E-state index contributed by atoms with van der Waals surface area (Å²) in [6.45, 7) is 16.2. The van der Waals surface area contributed by atoms with Crippen molar-refractivity contribution in [2.24, 2.45) is 20.7 Å². The van der Waals surface area contributed by atoms with Crippen molar-refractivity contribution in [3.63, 3.8) is 0 Å². The fourth-order valence-corrected chi connectivity index (χ4v) is 3.13. The van der Waals surface area contributed by atoms with E-state index in [0.717, 1.165) is 17.1 Å². The minimum absolute atomic E-state index is 0.0275. The van der Waals surface area contributed by atoms with E-state index in [2.05, 4.69) is 33.6 Å². The van der Waals surface area contributed by atoms with Crippen molar-refractivity contribution in [3.8, 4) is 0 Å². The lowest BCUT2D eigenvalue weighted by atomic mass is 10.1. The number of amides is 1. The summed E-state index contributed by atoms with van der Waals surface area (Å²) in [5.74, 6) is -0.274. The van der Waals surface area contributed by atoms with Crippen LogP contribution >= 0.6 is 0 Å². The highest BCUT2D eigenvalue weighted by atomic mass is 16.2. The molecule has 188 valence electrons. The summed E-state index contributed by atoms with van der Waals surface area (Å²) in [5, 5.41) is 2.71. The molecular formula is C26H36N6O3. The molecule has 0 saturated heterocycles. The van der Waals surface area contributed by atoms with Gasteiger partial charge < -0.3 is 20.7 Å². The molecular weight excluding hydrogens is 444 g/mol. The van der Waals surface area contributed by atoms with E-state index in [1.54, 1.807) is 24.3 Å². The molecule has 0 aliphatic carbocycles. The molecule has 0 aliphatic heterocycles. The molecule has 0 heterocycles. The van der Waals surface area contributed by atoms with Gasteiger partial charge in [-0.1, -0.05) is 6.58 Å². The molecule has 35 heavy (non-hydrogen) atoms. The Morgan fingerprint density at radius 1 is 1.06 bits per heavy atom. The number of Topliss-reactive ketones (excluding diaryl/α,β-unsaturated/α-hetero) is 2. The van der Waals surface area contributed by atoms with Crippen LogP contribution in [-0.2, 0) is 9.59 Å². The Balaban J connectivity index is 2.98. The smallest absolute Gasteiger partial charge is 0.251 e. The van der Waals surface area contributed by atoms with Gasteiger partial charge >= 0.3 is 0 Å². The molecule has 0 spiro atoms. The quantitative estimate of drug-likeness (QED) is 0.330. The third-order valence-corrected chi connectivity index (χ3v) is 4.92. The number of nitrogens with one attached hydrogen (secondary N) is 1. The van der Waals surface area contributed by atoms with Gasteiger partial charge in [0, 0.05) is 36.1 Å². The number of anilines is 1. The predicted molar refractivity (Wildman–Crippen MR) is 143 cm³/mol. The third kappa shape index (κ3) is 9.87. The first-order chi connectivity index (χ1) is 16.3. The Morgan fingerprint density at radius 3 is 2.11 bits per heavy atom. The standard InChI is InChI=1S/C26H36N6O3/c1-16(2)29-25(28-7)24(19(5)27)30-17(3)15-32(8)22-12-10-21(11-13-22)26(35)31-23(20(6)34)14-9-18(4)33/h10-13,23H,5,7,9,14-15,27H2,1-4,6,8H3,(H,31,35)/b25-24+,30-17+/t23-/m0/s1. The van der Waals surface area contributed by atoms with Crippen molar-refractivity contribution in [2.75, 3.05) is 18.5 Å². The summed E-state index contributed by atoms with van der Waals surface area (Å²) < 4.78 is 0. The fraction of sp³-hybridized carbons (Fsp3) is 0.385. The molecule has 0 fully saturated rings. The van der Waals surface area contributed by atoms with Crippen LogP contribution < -0.4 is 16.0 Å². The summed E-state index contributed by atoms with van der Waals surface area (Å²) in [6, 6.07) is 6.28. The van der Waals surface area contributed by atoms with Gasteiger partial charge in [0.25, 0.3) is 5.91 Å². The average molecular weight is 481 g/mol. The lowest BCUT2D eigenvalue weighted by Crippen LogP contribution is -2.40. The minimum Gasteiger partial charge on any atom is -0.397 e. The maximum Gasteiger partial charge on any atom is 0.251 e. The second-order valence-electron chi connectivity index (χ2n) is 8.54. The van der Waals surface area contributed by atoms with Crippen LogP contribution in [0, 0.1) is 0 Å². The predicted octanol–water partition coefficient (Wildman–Crippen LogP) is 3.46. The molecule has 1 aromatic carbocycles. The molecule has 9 heteroatoms. The molecule has 0 aliphatic rings. The molecule has 0 aromatic heterocycles. The van der Waals surface area contributed by atoms with Gasteiger partial charge in [0.1, 0.15) is 11.5 Å². The first kappa shape index (κ1) is 29.2. The molecule has 0 unspecified atom stereocenters. The van der Waals surface area contributed by atoms with Crippen molar-refractivity contribution >= 4 is 41.3 Å². The molecule has 3 N–H and O–H groups in total. The molecule has 1 atom stereocenters. The van der Waals surface area contributed by atoms with Gasteiger partial charge in [-0.15, -0.1) is 0 Å². The lowest BCUT2D eigenvalue weighted by Gasteiger charge is -2.20. The summed E-state index contributed by atoms with van der Waals surface area (Å²) in [7, 11) is 1.89. The molecule has 0 saturated carbocycles. The van der Waals surface area contributed by atoms with Gasteiger partial charge in [0.2, 0.25) is 0 Å². The van der Waals surface area contributed by atoms with E-state index in [0.29, 0.717) is 23.6 Å². The van der Waals surface area contributed by atoms with E-state index in [9.17, 15) is 14.4 Å². The van der Waals surface area contributed by atoms with E-state index in [1.807, 2.05) is 32.7 Å². The average Bonchev–Trinajstić information content (AvgIpc) is 2.77. The van der Waals surface area contributed by atoms with Gasteiger partial charge in [0.05, 0.1) is 18.3 Å². The van der Waals surface area contributed by atoms with Gasteiger partial charge in [-0.05, 0) is 72.0 Å². The number of hydrogen-bond donors (Lipinski definition) is 2. The zero-order valence-corrected chi connectivity index (χ0v) is 21.5. The fourth-order valence-electron chi connectivity index (χ4n) is 3.13. The first-order valence-electron chi connectivity index (χ1n) is 11.2. The molecule has 0 radical (unpaired) electrons. The normalized spacial score (nSPS) is 12.7. The zero-order valence-electron chi connectivity index (χ0n) is 21.5. The van der Waals surface area contributed by atoms with Crippen LogP contribution in [0.2, 0.25) is 0 Å². The topological polar surface area (TPSA) is 130 Å². The monoisotopic (exact) mass is 480 g/mol. The molecule has 1 amide bonds. The molecule has 1 aromatic rings. The highest BCUT2D eigenvalue weighted by molar-refractivity contribution is 5.98. The maximum atomic E-state index is 12.6. The van der Waals surface area contributed by atoms with Crippen molar-refractivity contribution in [1.82, 2.24) is 5.32 Å². The Hall–Kier alpha value is -3.88. The molecule has 0 bridgehead atoms. The summed E-state index contributed by atoms with van der Waals surface area (Å²) in [6.07, 6.45) is 0.520. The maximum absolute atomic E-state index is 12.6. The van der Waals surface area contributed by atoms with E-state index in [-0.39, 0.29) is 36.0 Å². The van der Waals surface area contributed by atoms with Crippen molar-refractivity contribution in [1.29, 1.82) is 0 Å². The Morgan fingerprint density at radius 2 is 1.66 bits per heavy atom. The number of benzene rings is 1. The minimum atomic E-state index is -0.692. The van der Waals surface area contributed by atoms with Gasteiger partial charge in [-0.25, -0.2) is 9.98 Å². The SMILES string of the molecule is C=N/C(N=C(C)C)=C(\N=C(/C)CN(C)c1ccc(C(=O)N[C@@H](CCC(C)=O)C(C)=O)cc1)C(=C)N. The number of carbonyl (C=O) groups is 3. The summed E-state index contributed by atoms with van der Waals surface area (Å²) in [4.78, 5) is 50.4. The second kappa shape index (κ2) is 13.7. The van der Waals surface area contributed by atoms with E-state index < -0.39 is 6.04 Å². The largest absolute Gasteiger partial charge is 0.397 e. The van der Waals surface area contributed by atoms with E-state index in [4.69, 9.17) is 5.73 Å². The zero-order chi connectivity index (χ0) is 26.7. The number of hydrogen-bond acceptors (Lipinski definition) is 8. The van der Waals surface area contributed by atoms with Crippen LogP contribution in [0.15, 0.2) is 63.0 Å². The van der Waals surface area contributed by atoms with Gasteiger partial charge in [0.15, 0.2) is 11.6 Å². The Labute approximate surface area is 207 Å². The number of ketones is 2. The number of nitrogens with two attached hydrogens (primary N) is 1. The highest BCUT2D eigenvalue weighted by Crippen LogP contribution is 2.17. The second-order valence-corrected chi connectivity index (χ2v) is 8.54. The summed E-state index contributed by atoms with van der Waals surface area (Å²) in [5.41, 5.74) is 9.32. The van der Waals surface area contributed by atoms with Gasteiger partial charge in [-0.2, -0.15) is 0 Å². The third-order valence-electron chi connectivity index (χ3n) is 4.92. The van der Waals surface area contributed by atoms with Crippen molar-refractivity contribution in [2.45, 2.75) is 53.5 Å². The lowest BCUT2D eigenvalue weighted by molar-refractivity contribution is -0.119. The number of rotatable bonds is 13. The van der Waals surface area contributed by atoms with Crippen LogP contribution in [-0.4, -0.2) is 55.2 Å². The Bertz CT molecular complexity index is 1060. The van der Waals surface area contributed by atoms with Crippen LogP contribution in [0.4, 0.5) is 5.69 Å². The van der Waals surface area contributed by atoms with Crippen LogP contribution in [0.25, 0.3) is 0 Å². The van der Waals surface area contributed by atoms with Crippen molar-refractivity contribution < 1.29 is 14.4 Å². The van der Waals surface area contributed by atoms with E-state index in [1.165, 1.54) is 13.8 Å². The Kier molecular flexibility index (Phi) is 11.4. The van der Waals surface area contributed by atoms with Gasteiger partial charge in [-0.3, -0.25) is 14.6 Å². The van der Waals surface area contributed by atoms with Crippen LogP contribution in [0.5, 0.6) is 0 Å². The first-order valence-corrected chi connectivity index (χ1v) is 11.2. The van der Waals surface area contributed by atoms with Crippen molar-refractivity contribution in [3.05, 3.63) is 53.6 Å². The number of nitrogens with zero attached hydrogens (tertiary/aromatic N) is 4. The molecule has 9 nitrogen and oxygen atoms in total. The summed E-state index contributed by atoms with van der Waals surface area (Å²) >= 11 is 0. The van der Waals surface area contributed by atoms with E-state index >= 15 is 0 Å². The highest BCUT2D eigenvalue weighted by Gasteiger charge is 2.18.